The smallest absolute Gasteiger partial charge is 0.338 e. The van der Waals surface area contributed by atoms with Crippen LogP contribution in [0.5, 0.6) is 0 Å². The van der Waals surface area contributed by atoms with Crippen molar-refractivity contribution >= 4 is 5.97 Å². The first-order chi connectivity index (χ1) is 11.2. The SMILES string of the molecule is CCC[C@H]1CC[C@H]2C[C@H](OC(=O)c3ccc(F)cc3)CC[C@@H]2C1. The van der Waals surface area contributed by atoms with Crippen molar-refractivity contribution in [2.45, 2.75) is 64.4 Å². The Bertz CT molecular complexity index is 525. The molecule has 2 aliphatic carbocycles. The number of esters is 1. The van der Waals surface area contributed by atoms with Crippen LogP contribution in [0.4, 0.5) is 4.39 Å². The fourth-order valence-corrected chi connectivity index (χ4v) is 4.53. The van der Waals surface area contributed by atoms with E-state index in [0.29, 0.717) is 5.56 Å². The maximum atomic E-state index is 12.9. The molecule has 23 heavy (non-hydrogen) atoms. The lowest BCUT2D eigenvalue weighted by Gasteiger charge is -2.41. The number of ether oxygens (including phenoxy) is 1. The maximum Gasteiger partial charge on any atom is 0.338 e. The molecule has 0 amide bonds. The molecule has 0 aliphatic heterocycles. The van der Waals surface area contributed by atoms with Crippen molar-refractivity contribution in [3.05, 3.63) is 35.6 Å². The molecule has 0 spiro atoms. The summed E-state index contributed by atoms with van der Waals surface area (Å²) in [6.45, 7) is 2.28. The maximum absolute atomic E-state index is 12.9. The van der Waals surface area contributed by atoms with E-state index in [0.717, 1.165) is 30.6 Å². The Kier molecular flexibility index (Phi) is 5.34. The highest BCUT2D eigenvalue weighted by Crippen LogP contribution is 2.44. The third-order valence-electron chi connectivity index (χ3n) is 5.72. The second-order valence-electron chi connectivity index (χ2n) is 7.34. The minimum Gasteiger partial charge on any atom is -0.459 e. The van der Waals surface area contributed by atoms with Crippen LogP contribution in [0.25, 0.3) is 0 Å². The Hall–Kier alpha value is -1.38. The standard InChI is InChI=1S/C20H27FO2/c1-2-3-14-4-5-17-13-19(11-8-16(17)12-14)23-20(22)15-6-9-18(21)10-7-15/h6-7,9-10,14,16-17,19H,2-5,8,11-13H2,1H3/t14-,16+,17-,19+/m0/s1. The molecule has 0 bridgehead atoms. The molecule has 1 aromatic carbocycles. The van der Waals surface area contributed by atoms with E-state index in [2.05, 4.69) is 6.92 Å². The van der Waals surface area contributed by atoms with Crippen molar-refractivity contribution in [3.8, 4) is 0 Å². The third-order valence-corrected chi connectivity index (χ3v) is 5.72. The van der Waals surface area contributed by atoms with Gasteiger partial charge in [-0.25, -0.2) is 9.18 Å². The van der Waals surface area contributed by atoms with Crippen LogP contribution in [0.3, 0.4) is 0 Å². The van der Waals surface area contributed by atoms with Crippen molar-refractivity contribution in [2.75, 3.05) is 0 Å². The van der Waals surface area contributed by atoms with Gasteiger partial charge < -0.3 is 4.74 Å². The number of rotatable bonds is 4. The van der Waals surface area contributed by atoms with E-state index in [1.165, 1.54) is 62.8 Å². The number of hydrogen-bond donors (Lipinski definition) is 0. The van der Waals surface area contributed by atoms with Gasteiger partial charge in [-0.3, -0.25) is 0 Å². The molecule has 2 nitrogen and oxygen atoms in total. The molecule has 0 aromatic heterocycles. The van der Waals surface area contributed by atoms with Gasteiger partial charge in [0.15, 0.2) is 0 Å². The Labute approximate surface area is 138 Å². The van der Waals surface area contributed by atoms with Crippen molar-refractivity contribution < 1.29 is 13.9 Å². The lowest BCUT2D eigenvalue weighted by Crippen LogP contribution is -2.35. The fourth-order valence-electron chi connectivity index (χ4n) is 4.53. The summed E-state index contributed by atoms with van der Waals surface area (Å²) in [5.41, 5.74) is 0.445. The van der Waals surface area contributed by atoms with Gasteiger partial charge in [-0.15, -0.1) is 0 Å². The van der Waals surface area contributed by atoms with Gasteiger partial charge in [-0.2, -0.15) is 0 Å². The van der Waals surface area contributed by atoms with Gasteiger partial charge in [0.05, 0.1) is 5.56 Å². The number of fused-ring (bicyclic) bond motifs is 1. The first-order valence-corrected chi connectivity index (χ1v) is 9.12. The quantitative estimate of drug-likeness (QED) is 0.698. The molecule has 2 saturated carbocycles. The third kappa shape index (κ3) is 4.13. The van der Waals surface area contributed by atoms with E-state index in [1.54, 1.807) is 0 Å². The molecule has 0 heterocycles. The Balaban J connectivity index is 1.52. The van der Waals surface area contributed by atoms with Crippen LogP contribution in [0.2, 0.25) is 0 Å². The number of carbonyl (C=O) groups is 1. The van der Waals surface area contributed by atoms with E-state index in [-0.39, 0.29) is 17.9 Å². The summed E-state index contributed by atoms with van der Waals surface area (Å²) in [5.74, 6) is 1.84. The summed E-state index contributed by atoms with van der Waals surface area (Å²) in [6, 6.07) is 5.61. The zero-order valence-corrected chi connectivity index (χ0v) is 14.0. The molecule has 0 saturated heterocycles. The molecule has 3 heteroatoms. The van der Waals surface area contributed by atoms with Gasteiger partial charge in [-0.1, -0.05) is 26.2 Å². The molecular formula is C20H27FO2. The van der Waals surface area contributed by atoms with Crippen LogP contribution in [0.1, 0.15) is 68.6 Å². The number of benzene rings is 1. The Morgan fingerprint density at radius 3 is 2.52 bits per heavy atom. The van der Waals surface area contributed by atoms with Crippen molar-refractivity contribution in [2.24, 2.45) is 17.8 Å². The number of carbonyl (C=O) groups excluding carboxylic acids is 1. The Morgan fingerprint density at radius 1 is 1.09 bits per heavy atom. The van der Waals surface area contributed by atoms with Crippen molar-refractivity contribution in [1.82, 2.24) is 0 Å². The first-order valence-electron chi connectivity index (χ1n) is 9.12. The summed E-state index contributed by atoms with van der Waals surface area (Å²) >= 11 is 0. The van der Waals surface area contributed by atoms with Crippen LogP contribution in [-0.2, 0) is 4.74 Å². The van der Waals surface area contributed by atoms with Gasteiger partial charge in [-0.05, 0) is 74.1 Å². The second kappa shape index (κ2) is 7.46. The molecule has 4 atom stereocenters. The second-order valence-corrected chi connectivity index (χ2v) is 7.34. The zero-order valence-electron chi connectivity index (χ0n) is 14.0. The summed E-state index contributed by atoms with van der Waals surface area (Å²) in [4.78, 5) is 12.2. The summed E-state index contributed by atoms with van der Waals surface area (Å²) < 4.78 is 18.6. The van der Waals surface area contributed by atoms with E-state index >= 15 is 0 Å². The molecule has 1 aromatic rings. The molecule has 0 unspecified atom stereocenters. The predicted molar refractivity (Wildman–Crippen MR) is 88.7 cm³/mol. The first kappa shape index (κ1) is 16.5. The predicted octanol–water partition coefficient (Wildman–Crippen LogP) is 5.37. The molecule has 2 aliphatic rings. The summed E-state index contributed by atoms with van der Waals surface area (Å²) in [6.07, 6.45) is 9.88. The van der Waals surface area contributed by atoms with Crippen LogP contribution < -0.4 is 0 Å². The largest absolute Gasteiger partial charge is 0.459 e. The highest BCUT2D eigenvalue weighted by atomic mass is 19.1. The number of hydrogen-bond acceptors (Lipinski definition) is 2. The van der Waals surface area contributed by atoms with Crippen molar-refractivity contribution in [3.63, 3.8) is 0 Å². The average Bonchev–Trinajstić information content (AvgIpc) is 2.56. The van der Waals surface area contributed by atoms with Crippen LogP contribution in [0, 0.1) is 23.6 Å². The molecule has 126 valence electrons. The molecule has 2 fully saturated rings. The highest BCUT2D eigenvalue weighted by molar-refractivity contribution is 5.89. The minimum atomic E-state index is -0.328. The number of halogens is 1. The van der Waals surface area contributed by atoms with E-state index < -0.39 is 0 Å². The summed E-state index contributed by atoms with van der Waals surface area (Å²) in [5, 5.41) is 0. The molecule has 0 N–H and O–H groups in total. The molecular weight excluding hydrogens is 291 g/mol. The van der Waals surface area contributed by atoms with Crippen LogP contribution in [-0.4, -0.2) is 12.1 Å². The monoisotopic (exact) mass is 318 g/mol. The zero-order chi connectivity index (χ0) is 16.2. The topological polar surface area (TPSA) is 26.3 Å². The molecule has 0 radical (unpaired) electrons. The fraction of sp³-hybridized carbons (Fsp3) is 0.650. The van der Waals surface area contributed by atoms with Gasteiger partial charge in [0.1, 0.15) is 11.9 Å². The van der Waals surface area contributed by atoms with E-state index in [4.69, 9.17) is 4.74 Å². The normalized spacial score (nSPS) is 30.5. The average molecular weight is 318 g/mol. The van der Waals surface area contributed by atoms with Gasteiger partial charge in [0.25, 0.3) is 0 Å². The van der Waals surface area contributed by atoms with Gasteiger partial charge >= 0.3 is 5.97 Å². The van der Waals surface area contributed by atoms with Crippen molar-refractivity contribution in [1.29, 1.82) is 0 Å². The molecule has 3 rings (SSSR count). The van der Waals surface area contributed by atoms with E-state index in [1.807, 2.05) is 0 Å². The van der Waals surface area contributed by atoms with Crippen LogP contribution in [0.15, 0.2) is 24.3 Å². The van der Waals surface area contributed by atoms with Gasteiger partial charge in [0, 0.05) is 0 Å². The highest BCUT2D eigenvalue weighted by Gasteiger charge is 2.36. The van der Waals surface area contributed by atoms with Crippen LogP contribution >= 0.6 is 0 Å². The lowest BCUT2D eigenvalue weighted by molar-refractivity contribution is -0.00620. The van der Waals surface area contributed by atoms with E-state index in [9.17, 15) is 9.18 Å². The Morgan fingerprint density at radius 2 is 1.78 bits per heavy atom. The minimum absolute atomic E-state index is 0.0385. The van der Waals surface area contributed by atoms with Gasteiger partial charge in [0.2, 0.25) is 0 Å². The lowest BCUT2D eigenvalue weighted by atomic mass is 9.66. The summed E-state index contributed by atoms with van der Waals surface area (Å²) in [7, 11) is 0.